The minimum Gasteiger partial charge on any atom is -0.291 e. The molecule has 0 amide bonds. The summed E-state index contributed by atoms with van der Waals surface area (Å²) in [5.41, 5.74) is 5.81. The fraction of sp³-hybridized carbons (Fsp3) is 0.0526. The van der Waals surface area contributed by atoms with Gasteiger partial charge in [-0.15, -0.1) is 11.3 Å². The Labute approximate surface area is 159 Å². The molecule has 0 aliphatic heterocycles. The first kappa shape index (κ1) is 16.9. The molecule has 0 aliphatic rings. The minimum atomic E-state index is -0.226. The number of hydrogen-bond donors (Lipinski definition) is 2. The normalized spacial score (nSPS) is 11.1. The van der Waals surface area contributed by atoms with Crippen molar-refractivity contribution < 1.29 is 0 Å². The van der Waals surface area contributed by atoms with Crippen LogP contribution in [-0.4, -0.2) is 26.0 Å². The number of rotatable bonds is 5. The van der Waals surface area contributed by atoms with Gasteiger partial charge in [0.2, 0.25) is 5.95 Å². The summed E-state index contributed by atoms with van der Waals surface area (Å²) >= 11 is 1.61. The molecule has 4 aromatic rings. The molecule has 2 N–H and O–H groups in total. The molecule has 4 rings (SSSR count). The molecule has 1 aromatic carbocycles. The molecule has 0 fully saturated rings. The number of nitrogens with zero attached hydrogens (tertiary/aromatic N) is 4. The number of hydrazone groups is 1. The van der Waals surface area contributed by atoms with Gasteiger partial charge in [0.25, 0.3) is 5.56 Å². The average Bonchev–Trinajstić information content (AvgIpc) is 3.31. The van der Waals surface area contributed by atoms with Gasteiger partial charge in [0.1, 0.15) is 5.69 Å². The van der Waals surface area contributed by atoms with E-state index in [0.29, 0.717) is 11.6 Å². The minimum absolute atomic E-state index is 0.226. The fourth-order valence-corrected chi connectivity index (χ4v) is 3.33. The maximum atomic E-state index is 11.5. The Bertz CT molecular complexity index is 1130. The van der Waals surface area contributed by atoms with Crippen LogP contribution in [0.2, 0.25) is 0 Å². The molecule has 8 heteroatoms. The van der Waals surface area contributed by atoms with Gasteiger partial charge in [-0.2, -0.15) is 10.2 Å². The lowest BCUT2D eigenvalue weighted by atomic mass is 10.2. The van der Waals surface area contributed by atoms with E-state index in [0.717, 1.165) is 21.8 Å². The first-order valence-electron chi connectivity index (χ1n) is 8.25. The zero-order valence-electron chi connectivity index (χ0n) is 14.5. The summed E-state index contributed by atoms with van der Waals surface area (Å²) in [7, 11) is 0. The summed E-state index contributed by atoms with van der Waals surface area (Å²) in [6.45, 7) is 1.75. The van der Waals surface area contributed by atoms with E-state index in [2.05, 4.69) is 20.5 Å². The lowest BCUT2D eigenvalue weighted by Gasteiger charge is -1.99. The van der Waals surface area contributed by atoms with Gasteiger partial charge in [0, 0.05) is 23.5 Å². The van der Waals surface area contributed by atoms with Crippen molar-refractivity contribution in [2.45, 2.75) is 6.92 Å². The molecule has 3 aromatic heterocycles. The van der Waals surface area contributed by atoms with Crippen LogP contribution in [0.4, 0.5) is 5.95 Å². The lowest BCUT2D eigenvalue weighted by molar-refractivity contribution is 0.885. The summed E-state index contributed by atoms with van der Waals surface area (Å²) in [4.78, 5) is 19.4. The Hall–Kier alpha value is -3.52. The number of aryl methyl sites for hydroxylation is 1. The van der Waals surface area contributed by atoms with E-state index in [-0.39, 0.29) is 5.56 Å². The van der Waals surface area contributed by atoms with E-state index >= 15 is 0 Å². The number of aromatic amines is 1. The van der Waals surface area contributed by atoms with Gasteiger partial charge >= 0.3 is 0 Å². The third kappa shape index (κ3) is 3.85. The molecule has 134 valence electrons. The van der Waals surface area contributed by atoms with Gasteiger partial charge in [-0.05, 0) is 30.5 Å². The molecule has 0 radical (unpaired) electrons. The van der Waals surface area contributed by atoms with Crippen LogP contribution in [-0.2, 0) is 0 Å². The molecule has 27 heavy (non-hydrogen) atoms. The van der Waals surface area contributed by atoms with E-state index in [9.17, 15) is 4.79 Å². The highest BCUT2D eigenvalue weighted by molar-refractivity contribution is 7.13. The van der Waals surface area contributed by atoms with Gasteiger partial charge < -0.3 is 0 Å². The Morgan fingerprint density at radius 1 is 1.22 bits per heavy atom. The van der Waals surface area contributed by atoms with Crippen molar-refractivity contribution in [3.63, 3.8) is 0 Å². The van der Waals surface area contributed by atoms with Crippen LogP contribution < -0.4 is 11.0 Å². The van der Waals surface area contributed by atoms with E-state index in [1.165, 1.54) is 6.07 Å². The smallest absolute Gasteiger partial charge is 0.252 e. The van der Waals surface area contributed by atoms with E-state index < -0.39 is 0 Å². The van der Waals surface area contributed by atoms with E-state index in [1.54, 1.807) is 24.5 Å². The summed E-state index contributed by atoms with van der Waals surface area (Å²) in [5, 5.41) is 10.9. The lowest BCUT2D eigenvalue weighted by Crippen LogP contribution is -2.10. The maximum Gasteiger partial charge on any atom is 0.252 e. The Kier molecular flexibility index (Phi) is 4.63. The second kappa shape index (κ2) is 7.38. The fourth-order valence-electron chi connectivity index (χ4n) is 2.59. The maximum absolute atomic E-state index is 11.5. The summed E-state index contributed by atoms with van der Waals surface area (Å²) < 4.78 is 1.82. The van der Waals surface area contributed by atoms with Crippen molar-refractivity contribution in [3.05, 3.63) is 81.7 Å². The number of aromatic nitrogens is 4. The highest BCUT2D eigenvalue weighted by Crippen LogP contribution is 2.26. The number of hydrogen-bond acceptors (Lipinski definition) is 6. The van der Waals surface area contributed by atoms with Gasteiger partial charge in [0.15, 0.2) is 0 Å². The number of benzene rings is 1. The Balaban J connectivity index is 1.66. The first-order valence-corrected chi connectivity index (χ1v) is 9.13. The standard InChI is InChI=1S/C19H16N6OS/c1-13-10-17(26)22-19(21-13)23-20-11-14-12-25(15-6-3-2-4-7-15)24-18(14)16-8-5-9-27-16/h2-12H,1H3,(H2,21,22,23,26)/b20-11+. The predicted molar refractivity (Wildman–Crippen MR) is 108 cm³/mol. The van der Waals surface area contributed by atoms with Crippen molar-refractivity contribution in [2.24, 2.45) is 5.10 Å². The Morgan fingerprint density at radius 3 is 2.81 bits per heavy atom. The zero-order valence-corrected chi connectivity index (χ0v) is 15.3. The average molecular weight is 376 g/mol. The molecule has 0 bridgehead atoms. The molecule has 0 unspecified atom stereocenters. The highest BCUT2D eigenvalue weighted by atomic mass is 32.1. The van der Waals surface area contributed by atoms with Crippen molar-refractivity contribution in [1.82, 2.24) is 19.7 Å². The molecule has 3 heterocycles. The van der Waals surface area contributed by atoms with Crippen LogP contribution in [0, 0.1) is 6.92 Å². The van der Waals surface area contributed by atoms with Crippen LogP contribution in [0.25, 0.3) is 16.3 Å². The number of nitrogens with one attached hydrogen (secondary N) is 2. The van der Waals surface area contributed by atoms with Crippen LogP contribution in [0.3, 0.4) is 0 Å². The quantitative estimate of drug-likeness (QED) is 0.413. The topological polar surface area (TPSA) is 88.0 Å². The van der Waals surface area contributed by atoms with Crippen LogP contribution in [0.1, 0.15) is 11.3 Å². The van der Waals surface area contributed by atoms with E-state index in [1.807, 2.05) is 58.7 Å². The van der Waals surface area contributed by atoms with Gasteiger partial charge in [0.05, 0.1) is 16.8 Å². The third-order valence-corrected chi connectivity index (χ3v) is 4.64. The molecular formula is C19H16N6OS. The molecular weight excluding hydrogens is 360 g/mol. The summed E-state index contributed by atoms with van der Waals surface area (Å²) in [6.07, 6.45) is 3.59. The molecule has 0 atom stereocenters. The van der Waals surface area contributed by atoms with E-state index in [4.69, 9.17) is 5.10 Å². The molecule has 7 nitrogen and oxygen atoms in total. The van der Waals surface area contributed by atoms with Crippen LogP contribution >= 0.6 is 11.3 Å². The van der Waals surface area contributed by atoms with Gasteiger partial charge in [-0.25, -0.2) is 15.1 Å². The second-order valence-electron chi connectivity index (χ2n) is 5.80. The predicted octanol–water partition coefficient (Wildman–Crippen LogP) is 3.44. The van der Waals surface area contributed by atoms with Crippen molar-refractivity contribution in [3.8, 4) is 16.3 Å². The number of thiophene rings is 1. The Morgan fingerprint density at radius 2 is 2.07 bits per heavy atom. The number of para-hydroxylation sites is 1. The van der Waals surface area contributed by atoms with Crippen molar-refractivity contribution >= 4 is 23.5 Å². The molecule has 0 saturated carbocycles. The molecule has 0 aliphatic carbocycles. The molecule has 0 saturated heterocycles. The zero-order chi connectivity index (χ0) is 18.6. The first-order chi connectivity index (χ1) is 13.2. The summed E-state index contributed by atoms with van der Waals surface area (Å²) in [6, 6.07) is 15.3. The second-order valence-corrected chi connectivity index (χ2v) is 6.74. The number of H-pyrrole nitrogens is 1. The van der Waals surface area contributed by atoms with Crippen molar-refractivity contribution in [2.75, 3.05) is 5.43 Å². The monoisotopic (exact) mass is 376 g/mol. The number of anilines is 1. The van der Waals surface area contributed by atoms with Gasteiger partial charge in [-0.3, -0.25) is 9.78 Å². The SMILES string of the molecule is Cc1cc(=O)[nH]c(N/N=C/c2cn(-c3ccccc3)nc2-c2cccs2)n1. The molecule has 0 spiro atoms. The highest BCUT2D eigenvalue weighted by Gasteiger charge is 2.11. The van der Waals surface area contributed by atoms with Crippen LogP contribution in [0.15, 0.2) is 70.0 Å². The van der Waals surface area contributed by atoms with Crippen LogP contribution in [0.5, 0.6) is 0 Å². The third-order valence-electron chi connectivity index (χ3n) is 3.76. The largest absolute Gasteiger partial charge is 0.291 e. The van der Waals surface area contributed by atoms with Gasteiger partial charge in [-0.1, -0.05) is 24.3 Å². The summed E-state index contributed by atoms with van der Waals surface area (Å²) in [5.74, 6) is 0.296. The van der Waals surface area contributed by atoms with Crippen molar-refractivity contribution in [1.29, 1.82) is 0 Å².